The lowest BCUT2D eigenvalue weighted by atomic mass is 10.1. The summed E-state index contributed by atoms with van der Waals surface area (Å²) in [6.07, 6.45) is 4.86. The Balaban J connectivity index is 2.15. The predicted octanol–water partition coefficient (Wildman–Crippen LogP) is 2.80. The summed E-state index contributed by atoms with van der Waals surface area (Å²) >= 11 is 0. The van der Waals surface area contributed by atoms with Crippen LogP contribution in [0.25, 0.3) is 0 Å². The summed E-state index contributed by atoms with van der Waals surface area (Å²) in [5, 5.41) is 0. The molecule has 0 spiro atoms. The average molecular weight is 178 g/mol. The van der Waals surface area contributed by atoms with Gasteiger partial charge in [-0.2, -0.15) is 0 Å². The maximum Gasteiger partial charge on any atom is 0.619 e. The van der Waals surface area contributed by atoms with E-state index < -0.39 is 14.6 Å². The van der Waals surface area contributed by atoms with Gasteiger partial charge in [-0.05, 0) is 24.7 Å². The molecule has 0 aromatic rings. The Hall–Kier alpha value is -0.253. The first kappa shape index (κ1) is 7.40. The van der Waals surface area contributed by atoms with Crippen LogP contribution in [0.5, 0.6) is 0 Å². The molecule has 0 nitrogen and oxygen atoms in total. The number of fused-ring (bicyclic) bond motifs is 2. The van der Waals surface area contributed by atoms with Gasteiger partial charge in [-0.15, -0.1) is 0 Å². The predicted molar refractivity (Wildman–Crippen MR) is 38.2 cm³/mol. The molecule has 3 atom stereocenters. The van der Waals surface area contributed by atoms with Crippen molar-refractivity contribution in [1.82, 2.24) is 0 Å². The molecule has 0 radical (unpaired) electrons. The van der Waals surface area contributed by atoms with E-state index in [1.165, 1.54) is 0 Å². The minimum Gasteiger partial charge on any atom is -0.237 e. The molecule has 2 bridgehead atoms. The second kappa shape index (κ2) is 2.12. The van der Waals surface area contributed by atoms with E-state index in [9.17, 15) is 12.3 Å². The Kier molecular flexibility index (Phi) is 1.43. The van der Waals surface area contributed by atoms with Gasteiger partial charge < -0.3 is 0 Å². The highest BCUT2D eigenvalue weighted by Crippen LogP contribution is 2.52. The summed E-state index contributed by atoms with van der Waals surface area (Å²) in [5.41, 5.74) is -0.905. The molecule has 0 amide bonds. The van der Waals surface area contributed by atoms with Crippen LogP contribution in [0, 0.1) is 11.8 Å². The lowest BCUT2D eigenvalue weighted by Crippen LogP contribution is -2.26. The highest BCUT2D eigenvalue weighted by Gasteiger charge is 2.55. The van der Waals surface area contributed by atoms with Crippen LogP contribution in [0.1, 0.15) is 12.8 Å². The van der Waals surface area contributed by atoms with E-state index in [1.807, 2.05) is 6.08 Å². The fraction of sp³-hybridized carbons (Fsp3) is 0.714. The molecule has 0 heterocycles. The third kappa shape index (κ3) is 1.13. The Labute approximate surface area is 64.6 Å². The molecule has 2 aliphatic rings. The molecule has 2 aliphatic carbocycles. The fourth-order valence-electron chi connectivity index (χ4n) is 2.16. The third-order valence-corrected chi connectivity index (χ3v) is 4.20. The van der Waals surface area contributed by atoms with Crippen molar-refractivity contribution in [2.24, 2.45) is 11.8 Å². The van der Waals surface area contributed by atoms with E-state index in [1.54, 1.807) is 6.08 Å². The van der Waals surface area contributed by atoms with Crippen LogP contribution in [0.15, 0.2) is 12.2 Å². The second-order valence-electron chi connectivity index (χ2n) is 3.43. The van der Waals surface area contributed by atoms with E-state index in [4.69, 9.17) is 0 Å². The molecule has 62 valence electrons. The Morgan fingerprint density at radius 3 is 2.09 bits per heavy atom. The van der Waals surface area contributed by atoms with Gasteiger partial charge in [0.05, 0.1) is 0 Å². The fourth-order valence-corrected chi connectivity index (χ4v) is 3.46. The van der Waals surface area contributed by atoms with E-state index in [2.05, 4.69) is 0 Å². The van der Waals surface area contributed by atoms with Crippen molar-refractivity contribution in [2.75, 3.05) is 0 Å². The molecule has 1 saturated carbocycles. The number of hydrogen-bond donors (Lipinski definition) is 0. The minimum atomic E-state index is -5.33. The molecule has 0 aromatic heterocycles. The molecule has 4 heteroatoms. The third-order valence-electron chi connectivity index (χ3n) is 2.70. The van der Waals surface area contributed by atoms with Crippen molar-refractivity contribution in [3.05, 3.63) is 12.2 Å². The summed E-state index contributed by atoms with van der Waals surface area (Å²) in [4.78, 5) is 0. The van der Waals surface area contributed by atoms with Crippen molar-refractivity contribution in [2.45, 2.75) is 18.4 Å². The maximum absolute atomic E-state index is 12.3. The van der Waals surface area contributed by atoms with E-state index >= 15 is 0 Å². The molecule has 11 heavy (non-hydrogen) atoms. The maximum atomic E-state index is 12.3. The first-order valence-electron chi connectivity index (χ1n) is 3.82. The average Bonchev–Trinajstić information content (AvgIpc) is 2.42. The smallest absolute Gasteiger partial charge is 0.237 e. The summed E-state index contributed by atoms with van der Waals surface area (Å²) in [6, 6.07) is 0. The van der Waals surface area contributed by atoms with Gasteiger partial charge in [0.2, 0.25) is 0 Å². The van der Waals surface area contributed by atoms with Crippen molar-refractivity contribution >= 4 is 9.08 Å². The molecule has 1 fully saturated rings. The first-order chi connectivity index (χ1) is 5.07. The van der Waals surface area contributed by atoms with Crippen molar-refractivity contribution in [3.8, 4) is 0 Å². The van der Waals surface area contributed by atoms with Gasteiger partial charge in [0, 0.05) is 5.54 Å². The summed E-state index contributed by atoms with van der Waals surface area (Å²) in [5.74, 6) is 0.103. The summed E-state index contributed by atoms with van der Waals surface area (Å²) < 4.78 is 37.0. The van der Waals surface area contributed by atoms with Gasteiger partial charge in [0.15, 0.2) is 0 Å². The summed E-state index contributed by atoms with van der Waals surface area (Å²) in [6.45, 7) is 0. The molecule has 0 saturated heterocycles. The van der Waals surface area contributed by atoms with Crippen LogP contribution in [0.3, 0.4) is 0 Å². The topological polar surface area (TPSA) is 0 Å². The zero-order valence-electron chi connectivity index (χ0n) is 5.93. The monoisotopic (exact) mass is 178 g/mol. The lowest BCUT2D eigenvalue weighted by Gasteiger charge is -2.17. The zero-order valence-corrected chi connectivity index (χ0v) is 6.93. The molecular formula is C7H9F3Si. The molecule has 0 N–H and O–H groups in total. The van der Waals surface area contributed by atoms with Crippen LogP contribution >= 0.6 is 0 Å². The molecule has 0 aliphatic heterocycles. The van der Waals surface area contributed by atoms with E-state index in [0.717, 1.165) is 6.42 Å². The normalized spacial score (nSPS) is 41.9. The second-order valence-corrected chi connectivity index (χ2v) is 5.25. The highest BCUT2D eigenvalue weighted by atomic mass is 28.5. The Bertz CT molecular complexity index is 196. The highest BCUT2D eigenvalue weighted by molar-refractivity contribution is 6.60. The van der Waals surface area contributed by atoms with E-state index in [-0.39, 0.29) is 11.8 Å². The Morgan fingerprint density at radius 2 is 1.82 bits per heavy atom. The zero-order chi connectivity index (χ0) is 8.06. The molecule has 0 aromatic carbocycles. The minimum absolute atomic E-state index is 0.147. The van der Waals surface area contributed by atoms with Crippen molar-refractivity contribution in [1.29, 1.82) is 0 Å². The quantitative estimate of drug-likeness (QED) is 0.329. The van der Waals surface area contributed by atoms with Crippen LogP contribution in [-0.2, 0) is 0 Å². The van der Waals surface area contributed by atoms with Gasteiger partial charge in [-0.1, -0.05) is 12.2 Å². The van der Waals surface area contributed by atoms with Crippen LogP contribution < -0.4 is 0 Å². The van der Waals surface area contributed by atoms with Gasteiger partial charge in [-0.3, -0.25) is 0 Å². The SMILES string of the molecule is F[Si](F)(F)C1CC2C=CC1C2. The number of rotatable bonds is 1. The Morgan fingerprint density at radius 1 is 1.09 bits per heavy atom. The molecule has 2 rings (SSSR count). The standard InChI is InChI=1S/C7H9F3Si/c8-11(9,10)7-4-5-1-2-6(7)3-5/h1-2,5-7H,3-4H2. The van der Waals surface area contributed by atoms with Crippen molar-refractivity contribution in [3.63, 3.8) is 0 Å². The van der Waals surface area contributed by atoms with Crippen LogP contribution in [-0.4, -0.2) is 9.08 Å². The van der Waals surface area contributed by atoms with E-state index in [0.29, 0.717) is 6.42 Å². The summed E-state index contributed by atoms with van der Waals surface area (Å²) in [7, 11) is -5.33. The van der Waals surface area contributed by atoms with Crippen LogP contribution in [0.2, 0.25) is 5.54 Å². The number of allylic oxidation sites excluding steroid dienone is 2. The largest absolute Gasteiger partial charge is 0.619 e. The number of hydrogen-bond acceptors (Lipinski definition) is 0. The lowest BCUT2D eigenvalue weighted by molar-refractivity contribution is 0.410. The van der Waals surface area contributed by atoms with Gasteiger partial charge in [-0.25, -0.2) is 12.3 Å². The van der Waals surface area contributed by atoms with Gasteiger partial charge >= 0.3 is 9.08 Å². The van der Waals surface area contributed by atoms with Gasteiger partial charge in [0.1, 0.15) is 0 Å². The van der Waals surface area contributed by atoms with Crippen LogP contribution in [0.4, 0.5) is 12.3 Å². The van der Waals surface area contributed by atoms with Gasteiger partial charge in [0.25, 0.3) is 0 Å². The number of halogens is 3. The molecule has 3 unspecified atom stereocenters. The molecular weight excluding hydrogens is 169 g/mol. The first-order valence-corrected chi connectivity index (χ1v) is 5.53. The van der Waals surface area contributed by atoms with Crippen molar-refractivity contribution < 1.29 is 12.3 Å².